The average molecular weight is 494 g/mol. The van der Waals surface area contributed by atoms with Crippen molar-refractivity contribution < 1.29 is 63.4 Å². The SMILES string of the molecule is CCCC(=O)OCC(COC(=O)CCC)OC(=O)CCC.O=C(O)CC(O)(CC(=O)O)C(=O)O. The van der Waals surface area contributed by atoms with Gasteiger partial charge in [-0.05, 0) is 19.3 Å². The minimum atomic E-state index is -2.74. The fourth-order valence-electron chi connectivity index (χ4n) is 2.20. The van der Waals surface area contributed by atoms with Crippen LogP contribution in [0.5, 0.6) is 0 Å². The van der Waals surface area contributed by atoms with Gasteiger partial charge in [-0.3, -0.25) is 24.0 Å². The molecule has 0 rings (SSSR count). The average Bonchev–Trinajstić information content (AvgIpc) is 2.69. The van der Waals surface area contributed by atoms with Gasteiger partial charge in [-0.2, -0.15) is 0 Å². The van der Waals surface area contributed by atoms with Gasteiger partial charge in [-0.15, -0.1) is 0 Å². The highest BCUT2D eigenvalue weighted by Crippen LogP contribution is 2.15. The topological polar surface area (TPSA) is 211 Å². The molecule has 0 aromatic rings. The highest BCUT2D eigenvalue weighted by atomic mass is 16.6. The molecular formula is C21H34O13. The van der Waals surface area contributed by atoms with Crippen LogP contribution >= 0.6 is 0 Å². The molecule has 0 saturated heterocycles. The number of aliphatic carboxylic acids is 3. The fourth-order valence-corrected chi connectivity index (χ4v) is 2.20. The Labute approximate surface area is 197 Å². The first-order valence-electron chi connectivity index (χ1n) is 10.7. The van der Waals surface area contributed by atoms with Crippen LogP contribution in [0.15, 0.2) is 0 Å². The van der Waals surface area contributed by atoms with Crippen LogP contribution in [-0.2, 0) is 43.0 Å². The van der Waals surface area contributed by atoms with E-state index >= 15 is 0 Å². The predicted octanol–water partition coefficient (Wildman–Crippen LogP) is 1.14. The Morgan fingerprint density at radius 1 is 0.676 bits per heavy atom. The second-order valence-electron chi connectivity index (χ2n) is 7.21. The summed E-state index contributed by atoms with van der Waals surface area (Å²) in [6.45, 7) is 5.42. The summed E-state index contributed by atoms with van der Waals surface area (Å²) in [5, 5.41) is 33.8. The maximum absolute atomic E-state index is 11.5. The van der Waals surface area contributed by atoms with Crippen LogP contribution in [0.1, 0.15) is 72.1 Å². The number of carbonyl (C=O) groups is 6. The third-order valence-corrected chi connectivity index (χ3v) is 3.81. The highest BCUT2D eigenvalue weighted by Gasteiger charge is 2.40. The number of aliphatic hydroxyl groups is 1. The summed E-state index contributed by atoms with van der Waals surface area (Å²) in [7, 11) is 0. The maximum Gasteiger partial charge on any atom is 0.336 e. The van der Waals surface area contributed by atoms with E-state index in [1.165, 1.54) is 0 Å². The van der Waals surface area contributed by atoms with Gasteiger partial charge in [0.25, 0.3) is 0 Å². The van der Waals surface area contributed by atoms with Crippen molar-refractivity contribution in [1.29, 1.82) is 0 Å². The molecule has 0 spiro atoms. The molecule has 0 unspecified atom stereocenters. The largest absolute Gasteiger partial charge is 0.481 e. The number of carbonyl (C=O) groups excluding carboxylic acids is 3. The molecule has 13 heteroatoms. The Balaban J connectivity index is 0. The Morgan fingerprint density at radius 2 is 1.03 bits per heavy atom. The molecule has 0 saturated carbocycles. The molecule has 34 heavy (non-hydrogen) atoms. The fraction of sp³-hybridized carbons (Fsp3) is 0.714. The van der Waals surface area contributed by atoms with Crippen molar-refractivity contribution in [3.8, 4) is 0 Å². The zero-order valence-electron chi connectivity index (χ0n) is 19.6. The number of carboxylic acids is 3. The Kier molecular flexibility index (Phi) is 17.7. The molecular weight excluding hydrogens is 460 g/mol. The van der Waals surface area contributed by atoms with Crippen LogP contribution in [0.3, 0.4) is 0 Å². The number of rotatable bonds is 16. The zero-order chi connectivity index (χ0) is 26.7. The van der Waals surface area contributed by atoms with E-state index in [0.29, 0.717) is 32.1 Å². The maximum atomic E-state index is 11.5. The first kappa shape index (κ1) is 33.0. The van der Waals surface area contributed by atoms with Gasteiger partial charge in [0.2, 0.25) is 0 Å². The summed E-state index contributed by atoms with van der Waals surface area (Å²) in [6.07, 6.45) is -0.0978. The molecule has 0 aliphatic heterocycles. The Hall–Kier alpha value is -3.22. The van der Waals surface area contributed by atoms with Crippen molar-refractivity contribution in [2.75, 3.05) is 13.2 Å². The Bertz CT molecular complexity index is 648. The van der Waals surface area contributed by atoms with E-state index in [0.717, 1.165) is 0 Å². The van der Waals surface area contributed by atoms with Crippen LogP contribution in [0.25, 0.3) is 0 Å². The standard InChI is InChI=1S/C15H26O6.C6H8O7/c1-4-7-13(16)19-10-12(21-15(18)9-6-3)11-20-14(17)8-5-2;7-3(8)1-6(13,5(11)12)2-4(9)10/h12H,4-11H2,1-3H3;13H,1-2H2,(H,7,8)(H,9,10)(H,11,12). The first-order chi connectivity index (χ1) is 15.8. The lowest BCUT2D eigenvalue weighted by atomic mass is 9.96. The van der Waals surface area contributed by atoms with E-state index in [2.05, 4.69) is 0 Å². The quantitative estimate of drug-likeness (QED) is 0.175. The molecule has 0 aliphatic rings. The van der Waals surface area contributed by atoms with E-state index in [-0.39, 0.29) is 37.5 Å². The number of esters is 3. The summed E-state index contributed by atoms with van der Waals surface area (Å²) < 4.78 is 15.2. The molecule has 0 aromatic heterocycles. The molecule has 0 heterocycles. The van der Waals surface area contributed by atoms with E-state index in [1.54, 1.807) is 0 Å². The minimum absolute atomic E-state index is 0.0896. The van der Waals surface area contributed by atoms with Crippen molar-refractivity contribution in [2.45, 2.75) is 83.8 Å². The van der Waals surface area contributed by atoms with Gasteiger partial charge in [-0.25, -0.2) is 4.79 Å². The number of carboxylic acid groups (broad SMARTS) is 3. The third-order valence-electron chi connectivity index (χ3n) is 3.81. The summed E-state index contributed by atoms with van der Waals surface area (Å²) in [5.41, 5.74) is -2.74. The predicted molar refractivity (Wildman–Crippen MR) is 114 cm³/mol. The second kappa shape index (κ2) is 18.2. The van der Waals surface area contributed by atoms with Gasteiger partial charge < -0.3 is 34.6 Å². The van der Waals surface area contributed by atoms with Gasteiger partial charge in [0.15, 0.2) is 11.7 Å². The van der Waals surface area contributed by atoms with Crippen LogP contribution in [0.4, 0.5) is 0 Å². The molecule has 0 amide bonds. The van der Waals surface area contributed by atoms with Crippen LogP contribution in [0.2, 0.25) is 0 Å². The molecule has 0 radical (unpaired) electrons. The molecule has 0 bridgehead atoms. The lowest BCUT2D eigenvalue weighted by Gasteiger charge is -2.18. The first-order valence-corrected chi connectivity index (χ1v) is 10.7. The van der Waals surface area contributed by atoms with E-state index in [9.17, 15) is 28.8 Å². The molecule has 0 atom stereocenters. The normalized spacial score (nSPS) is 10.5. The highest BCUT2D eigenvalue weighted by molar-refractivity contribution is 5.88. The number of ether oxygens (including phenoxy) is 3. The number of hydrogen-bond acceptors (Lipinski definition) is 10. The number of hydrogen-bond donors (Lipinski definition) is 4. The third kappa shape index (κ3) is 17.3. The van der Waals surface area contributed by atoms with Crippen molar-refractivity contribution in [2.24, 2.45) is 0 Å². The molecule has 4 N–H and O–H groups in total. The molecule has 0 aliphatic carbocycles. The van der Waals surface area contributed by atoms with E-state index < -0.39 is 42.5 Å². The van der Waals surface area contributed by atoms with Gasteiger partial charge in [0, 0.05) is 19.3 Å². The van der Waals surface area contributed by atoms with E-state index in [1.807, 2.05) is 20.8 Å². The van der Waals surface area contributed by atoms with Crippen molar-refractivity contribution in [1.82, 2.24) is 0 Å². The van der Waals surface area contributed by atoms with Crippen LogP contribution < -0.4 is 0 Å². The lowest BCUT2D eigenvalue weighted by Crippen LogP contribution is -2.42. The molecule has 0 aromatic carbocycles. The van der Waals surface area contributed by atoms with Crippen molar-refractivity contribution >= 4 is 35.8 Å². The second-order valence-corrected chi connectivity index (χ2v) is 7.21. The summed E-state index contributed by atoms with van der Waals surface area (Å²) in [6, 6.07) is 0. The molecule has 196 valence electrons. The van der Waals surface area contributed by atoms with Gasteiger partial charge in [-0.1, -0.05) is 20.8 Å². The minimum Gasteiger partial charge on any atom is -0.481 e. The van der Waals surface area contributed by atoms with Crippen molar-refractivity contribution in [3.63, 3.8) is 0 Å². The Morgan fingerprint density at radius 3 is 1.32 bits per heavy atom. The van der Waals surface area contributed by atoms with Gasteiger partial charge >= 0.3 is 35.8 Å². The summed E-state index contributed by atoms with van der Waals surface area (Å²) >= 11 is 0. The summed E-state index contributed by atoms with van der Waals surface area (Å²) in [5.74, 6) is -6.11. The van der Waals surface area contributed by atoms with Gasteiger partial charge in [0.1, 0.15) is 13.2 Å². The van der Waals surface area contributed by atoms with E-state index in [4.69, 9.17) is 34.6 Å². The smallest absolute Gasteiger partial charge is 0.336 e. The van der Waals surface area contributed by atoms with Crippen LogP contribution in [0, 0.1) is 0 Å². The van der Waals surface area contributed by atoms with Crippen molar-refractivity contribution in [3.05, 3.63) is 0 Å². The molecule has 13 nitrogen and oxygen atoms in total. The lowest BCUT2D eigenvalue weighted by molar-refractivity contribution is -0.170. The molecule has 0 fully saturated rings. The zero-order valence-corrected chi connectivity index (χ0v) is 19.6. The van der Waals surface area contributed by atoms with Crippen LogP contribution in [-0.4, -0.2) is 81.2 Å². The summed E-state index contributed by atoms with van der Waals surface area (Å²) in [4.78, 5) is 64.6. The van der Waals surface area contributed by atoms with Gasteiger partial charge in [0.05, 0.1) is 12.8 Å². The monoisotopic (exact) mass is 494 g/mol.